The Kier molecular flexibility index (Phi) is 5.99. The molecule has 1 aromatic rings. The van der Waals surface area contributed by atoms with Crippen molar-refractivity contribution in [2.45, 2.75) is 33.1 Å². The monoisotopic (exact) mass is 302 g/mol. The Hall–Kier alpha value is -1.84. The van der Waals surface area contributed by atoms with E-state index in [4.69, 9.17) is 0 Å². The lowest BCUT2D eigenvalue weighted by atomic mass is 9.94. The normalized spacial score (nSPS) is 15.6. The zero-order valence-corrected chi connectivity index (χ0v) is 13.6. The molecular formula is C18H26N2O2. The van der Waals surface area contributed by atoms with Crippen LogP contribution in [0, 0.1) is 5.92 Å². The lowest BCUT2D eigenvalue weighted by Crippen LogP contribution is -2.44. The number of likely N-dealkylation sites (tertiary alicyclic amines) is 1. The zero-order valence-electron chi connectivity index (χ0n) is 13.6. The minimum Gasteiger partial charge on any atom is -0.343 e. The summed E-state index contributed by atoms with van der Waals surface area (Å²) in [6.07, 6.45) is 2.03. The molecule has 2 rings (SSSR count). The van der Waals surface area contributed by atoms with Crippen molar-refractivity contribution in [2.24, 2.45) is 5.92 Å². The Labute approximate surface area is 133 Å². The molecule has 0 saturated carbocycles. The van der Waals surface area contributed by atoms with Crippen LogP contribution in [0.4, 0.5) is 0 Å². The van der Waals surface area contributed by atoms with Gasteiger partial charge in [-0.05, 0) is 32.3 Å². The van der Waals surface area contributed by atoms with Gasteiger partial charge in [-0.15, -0.1) is 0 Å². The minimum atomic E-state index is 0.0840. The van der Waals surface area contributed by atoms with E-state index in [-0.39, 0.29) is 17.7 Å². The van der Waals surface area contributed by atoms with Crippen LogP contribution in [-0.4, -0.2) is 47.8 Å². The van der Waals surface area contributed by atoms with Gasteiger partial charge in [-0.2, -0.15) is 0 Å². The van der Waals surface area contributed by atoms with E-state index < -0.39 is 0 Å². The smallest absolute Gasteiger partial charge is 0.226 e. The van der Waals surface area contributed by atoms with Gasteiger partial charge >= 0.3 is 0 Å². The Balaban J connectivity index is 1.84. The third-order valence-electron chi connectivity index (χ3n) is 4.47. The third-order valence-corrected chi connectivity index (χ3v) is 4.47. The summed E-state index contributed by atoms with van der Waals surface area (Å²) in [7, 11) is 0. The second kappa shape index (κ2) is 7.97. The maximum Gasteiger partial charge on any atom is 0.226 e. The molecule has 1 aromatic carbocycles. The molecule has 2 amide bonds. The number of nitrogens with zero attached hydrogens (tertiary/aromatic N) is 2. The number of carbonyl (C=O) groups excluding carboxylic acids is 2. The number of benzene rings is 1. The van der Waals surface area contributed by atoms with Crippen LogP contribution in [-0.2, 0) is 16.0 Å². The summed E-state index contributed by atoms with van der Waals surface area (Å²) in [6.45, 7) is 6.96. The van der Waals surface area contributed by atoms with Gasteiger partial charge in [0, 0.05) is 32.1 Å². The molecule has 0 aromatic heterocycles. The summed E-state index contributed by atoms with van der Waals surface area (Å²) >= 11 is 0. The molecule has 1 aliphatic rings. The second-order valence-electron chi connectivity index (χ2n) is 5.83. The van der Waals surface area contributed by atoms with Gasteiger partial charge in [0.25, 0.3) is 0 Å². The molecule has 1 aliphatic heterocycles. The second-order valence-corrected chi connectivity index (χ2v) is 5.83. The van der Waals surface area contributed by atoms with E-state index in [1.54, 1.807) is 0 Å². The average molecular weight is 302 g/mol. The summed E-state index contributed by atoms with van der Waals surface area (Å²) in [5.74, 6) is 0.501. The van der Waals surface area contributed by atoms with Gasteiger partial charge in [-0.3, -0.25) is 9.59 Å². The highest BCUT2D eigenvalue weighted by Crippen LogP contribution is 2.20. The van der Waals surface area contributed by atoms with Crippen LogP contribution >= 0.6 is 0 Å². The van der Waals surface area contributed by atoms with Crippen molar-refractivity contribution in [3.8, 4) is 0 Å². The predicted octanol–water partition coefficient (Wildman–Crippen LogP) is 2.34. The molecule has 0 unspecified atom stereocenters. The van der Waals surface area contributed by atoms with Crippen molar-refractivity contribution in [2.75, 3.05) is 26.2 Å². The van der Waals surface area contributed by atoms with E-state index >= 15 is 0 Å². The standard InChI is InChI=1S/C18H26N2O2/c1-3-19(4-2)18(22)16-10-12-20(13-11-16)17(21)14-15-8-6-5-7-9-15/h5-9,16H,3-4,10-14H2,1-2H3. The predicted molar refractivity (Wildman–Crippen MR) is 87.4 cm³/mol. The number of rotatable bonds is 5. The highest BCUT2D eigenvalue weighted by Gasteiger charge is 2.29. The van der Waals surface area contributed by atoms with Crippen molar-refractivity contribution >= 4 is 11.8 Å². The summed E-state index contributed by atoms with van der Waals surface area (Å²) in [6, 6.07) is 9.83. The van der Waals surface area contributed by atoms with E-state index in [0.29, 0.717) is 19.5 Å². The topological polar surface area (TPSA) is 40.6 Å². The number of carbonyl (C=O) groups is 2. The van der Waals surface area contributed by atoms with Gasteiger partial charge in [-0.1, -0.05) is 30.3 Å². The van der Waals surface area contributed by atoms with Gasteiger partial charge < -0.3 is 9.80 Å². The lowest BCUT2D eigenvalue weighted by Gasteiger charge is -2.33. The summed E-state index contributed by atoms with van der Waals surface area (Å²) in [5, 5.41) is 0. The third kappa shape index (κ3) is 4.09. The zero-order chi connectivity index (χ0) is 15.9. The van der Waals surface area contributed by atoms with E-state index in [2.05, 4.69) is 0 Å². The number of hydrogen-bond donors (Lipinski definition) is 0. The first-order valence-corrected chi connectivity index (χ1v) is 8.26. The van der Waals surface area contributed by atoms with Crippen LogP contribution in [0.3, 0.4) is 0 Å². The van der Waals surface area contributed by atoms with Crippen LogP contribution in [0.2, 0.25) is 0 Å². The number of piperidine rings is 1. The largest absolute Gasteiger partial charge is 0.343 e. The molecule has 1 fully saturated rings. The molecule has 0 atom stereocenters. The molecule has 1 heterocycles. The van der Waals surface area contributed by atoms with Gasteiger partial charge in [0.2, 0.25) is 11.8 Å². The van der Waals surface area contributed by atoms with Crippen LogP contribution in [0.1, 0.15) is 32.3 Å². The van der Waals surface area contributed by atoms with Gasteiger partial charge in [0.05, 0.1) is 6.42 Å². The van der Waals surface area contributed by atoms with Crippen molar-refractivity contribution in [1.82, 2.24) is 9.80 Å². The van der Waals surface area contributed by atoms with Crippen LogP contribution < -0.4 is 0 Å². The Morgan fingerprint density at radius 3 is 2.23 bits per heavy atom. The van der Waals surface area contributed by atoms with Gasteiger partial charge in [-0.25, -0.2) is 0 Å². The molecule has 0 spiro atoms. The SMILES string of the molecule is CCN(CC)C(=O)C1CCN(C(=O)Cc2ccccc2)CC1. The van der Waals surface area contributed by atoms with Crippen molar-refractivity contribution in [3.05, 3.63) is 35.9 Å². The quantitative estimate of drug-likeness (QED) is 0.837. The molecule has 120 valence electrons. The summed E-state index contributed by atoms with van der Waals surface area (Å²) < 4.78 is 0. The fourth-order valence-electron chi connectivity index (χ4n) is 3.05. The first kappa shape index (κ1) is 16.5. The van der Waals surface area contributed by atoms with Crippen LogP contribution in [0.25, 0.3) is 0 Å². The number of amides is 2. The fourth-order valence-corrected chi connectivity index (χ4v) is 3.05. The first-order chi connectivity index (χ1) is 10.7. The molecule has 0 radical (unpaired) electrons. The highest BCUT2D eigenvalue weighted by atomic mass is 16.2. The maximum atomic E-state index is 12.4. The Morgan fingerprint density at radius 2 is 1.68 bits per heavy atom. The summed E-state index contributed by atoms with van der Waals surface area (Å²) in [4.78, 5) is 28.5. The molecule has 0 bridgehead atoms. The summed E-state index contributed by atoms with van der Waals surface area (Å²) in [5.41, 5.74) is 1.05. The molecular weight excluding hydrogens is 276 g/mol. The van der Waals surface area contributed by atoms with E-state index in [0.717, 1.165) is 31.5 Å². The molecule has 4 heteroatoms. The highest BCUT2D eigenvalue weighted by molar-refractivity contribution is 5.81. The van der Waals surface area contributed by atoms with E-state index in [1.807, 2.05) is 54.0 Å². The molecule has 4 nitrogen and oxygen atoms in total. The van der Waals surface area contributed by atoms with Crippen molar-refractivity contribution in [1.29, 1.82) is 0 Å². The van der Waals surface area contributed by atoms with Gasteiger partial charge in [0.15, 0.2) is 0 Å². The van der Waals surface area contributed by atoms with Crippen molar-refractivity contribution < 1.29 is 9.59 Å². The molecule has 0 aliphatic carbocycles. The van der Waals surface area contributed by atoms with Crippen molar-refractivity contribution in [3.63, 3.8) is 0 Å². The lowest BCUT2D eigenvalue weighted by molar-refractivity contribution is -0.140. The van der Waals surface area contributed by atoms with E-state index in [9.17, 15) is 9.59 Å². The first-order valence-electron chi connectivity index (χ1n) is 8.26. The van der Waals surface area contributed by atoms with Gasteiger partial charge in [0.1, 0.15) is 0 Å². The number of hydrogen-bond acceptors (Lipinski definition) is 2. The maximum absolute atomic E-state index is 12.4. The van der Waals surface area contributed by atoms with Crippen LogP contribution in [0.15, 0.2) is 30.3 Å². The Morgan fingerprint density at radius 1 is 1.09 bits per heavy atom. The Bertz CT molecular complexity index is 489. The molecule has 1 saturated heterocycles. The molecule has 22 heavy (non-hydrogen) atoms. The van der Waals surface area contributed by atoms with Crippen LogP contribution in [0.5, 0.6) is 0 Å². The minimum absolute atomic E-state index is 0.0840. The average Bonchev–Trinajstić information content (AvgIpc) is 2.57. The van der Waals surface area contributed by atoms with E-state index in [1.165, 1.54) is 0 Å². The molecule has 0 N–H and O–H groups in total. The fraction of sp³-hybridized carbons (Fsp3) is 0.556.